The average molecular weight is 457 g/mol. The number of thioether (sulfide) groups is 1. The van der Waals surface area contributed by atoms with E-state index in [0.29, 0.717) is 11.7 Å². The van der Waals surface area contributed by atoms with Crippen LogP contribution in [-0.2, 0) is 4.79 Å². The summed E-state index contributed by atoms with van der Waals surface area (Å²) in [5.41, 5.74) is 1.84. The fraction of sp³-hybridized carbons (Fsp3) is 0.381. The molecule has 1 atom stereocenters. The second-order valence-corrected chi connectivity index (χ2v) is 9.56. The molecule has 0 saturated carbocycles. The van der Waals surface area contributed by atoms with Gasteiger partial charge in [0.1, 0.15) is 17.9 Å². The van der Waals surface area contributed by atoms with Crippen LogP contribution in [0.25, 0.3) is 11.3 Å². The molecule has 0 spiro atoms. The third kappa shape index (κ3) is 5.31. The first-order valence-corrected chi connectivity index (χ1v) is 11.9. The number of nitrogens with zero attached hydrogens (tertiary/aromatic N) is 5. The van der Waals surface area contributed by atoms with Gasteiger partial charge in [0.15, 0.2) is 4.34 Å². The summed E-state index contributed by atoms with van der Waals surface area (Å²) >= 11 is 3.04. The van der Waals surface area contributed by atoms with Gasteiger partial charge in [0.2, 0.25) is 11.0 Å². The number of benzene rings is 1. The Labute approximate surface area is 189 Å². The Morgan fingerprint density at radius 1 is 1.29 bits per heavy atom. The van der Waals surface area contributed by atoms with Gasteiger partial charge in [0, 0.05) is 24.7 Å². The molecule has 0 aliphatic carbocycles. The van der Waals surface area contributed by atoms with Crippen molar-refractivity contribution in [3.63, 3.8) is 0 Å². The normalized spacial score (nSPS) is 16.2. The van der Waals surface area contributed by atoms with Gasteiger partial charge < -0.3 is 15.0 Å². The van der Waals surface area contributed by atoms with Gasteiger partial charge in [-0.25, -0.2) is 9.97 Å². The van der Waals surface area contributed by atoms with Crippen LogP contribution in [0.1, 0.15) is 19.8 Å². The summed E-state index contributed by atoms with van der Waals surface area (Å²) in [6, 6.07) is 9.75. The van der Waals surface area contributed by atoms with Crippen LogP contribution >= 0.6 is 23.1 Å². The number of piperidine rings is 1. The second kappa shape index (κ2) is 10.1. The minimum Gasteiger partial charge on any atom is -0.497 e. The molecule has 3 aromatic rings. The first kappa shape index (κ1) is 21.5. The van der Waals surface area contributed by atoms with Crippen LogP contribution in [0, 0.1) is 5.92 Å². The van der Waals surface area contributed by atoms with Gasteiger partial charge in [-0.1, -0.05) is 30.0 Å². The van der Waals surface area contributed by atoms with Crippen LogP contribution in [0.2, 0.25) is 0 Å². The highest BCUT2D eigenvalue weighted by Gasteiger charge is 2.27. The third-order valence-electron chi connectivity index (χ3n) is 5.06. The Morgan fingerprint density at radius 3 is 2.90 bits per heavy atom. The van der Waals surface area contributed by atoms with E-state index < -0.39 is 0 Å². The Bertz CT molecular complexity index is 1030. The lowest BCUT2D eigenvalue weighted by Gasteiger charge is -2.32. The molecule has 2 aromatic heterocycles. The van der Waals surface area contributed by atoms with Gasteiger partial charge >= 0.3 is 0 Å². The molecule has 1 aliphatic heterocycles. The van der Waals surface area contributed by atoms with E-state index in [1.165, 1.54) is 11.3 Å². The topological polar surface area (TPSA) is 93.1 Å². The van der Waals surface area contributed by atoms with E-state index >= 15 is 0 Å². The van der Waals surface area contributed by atoms with Crippen LogP contribution in [0.4, 0.5) is 10.9 Å². The number of carbonyl (C=O) groups excluding carboxylic acids is 1. The monoisotopic (exact) mass is 456 g/mol. The van der Waals surface area contributed by atoms with Crippen molar-refractivity contribution in [3.05, 3.63) is 36.7 Å². The molecule has 1 saturated heterocycles. The van der Waals surface area contributed by atoms with E-state index in [2.05, 4.69) is 37.3 Å². The summed E-state index contributed by atoms with van der Waals surface area (Å²) < 4.78 is 6.10. The highest BCUT2D eigenvalue weighted by Crippen LogP contribution is 2.28. The summed E-state index contributed by atoms with van der Waals surface area (Å²) in [6.07, 6.45) is 3.34. The predicted octanol–water partition coefficient (Wildman–Crippen LogP) is 3.97. The van der Waals surface area contributed by atoms with Crippen molar-refractivity contribution in [2.75, 3.05) is 36.2 Å². The number of rotatable bonds is 7. The maximum atomic E-state index is 12.8. The van der Waals surface area contributed by atoms with Crippen LogP contribution in [0.5, 0.6) is 5.75 Å². The highest BCUT2D eigenvalue weighted by atomic mass is 32.2. The smallest absolute Gasteiger partial charge is 0.231 e. The maximum absolute atomic E-state index is 12.8. The number of hydrogen-bond acceptors (Lipinski definition) is 9. The minimum atomic E-state index is -0.126. The third-order valence-corrected chi connectivity index (χ3v) is 6.91. The van der Waals surface area contributed by atoms with Crippen LogP contribution in [0.15, 0.2) is 41.0 Å². The number of carbonyl (C=O) groups is 1. The van der Waals surface area contributed by atoms with E-state index in [1.54, 1.807) is 25.2 Å². The number of amides is 1. The molecule has 162 valence electrons. The molecule has 1 aromatic carbocycles. The SMILES string of the molecule is CCSc1nnc(NC(=O)C2CCCN(c3cc(-c4ccc(OC)cc4)ncn3)C2)s1. The van der Waals surface area contributed by atoms with Gasteiger partial charge in [-0.2, -0.15) is 0 Å². The number of anilines is 2. The molecule has 10 heteroatoms. The molecule has 8 nitrogen and oxygen atoms in total. The van der Waals surface area contributed by atoms with E-state index in [-0.39, 0.29) is 11.8 Å². The quantitative estimate of drug-likeness (QED) is 0.422. The molecule has 1 N–H and O–H groups in total. The van der Waals surface area contributed by atoms with E-state index in [9.17, 15) is 4.79 Å². The van der Waals surface area contributed by atoms with E-state index in [4.69, 9.17) is 4.74 Å². The lowest BCUT2D eigenvalue weighted by atomic mass is 9.97. The van der Waals surface area contributed by atoms with Crippen molar-refractivity contribution >= 4 is 40.0 Å². The van der Waals surface area contributed by atoms with Crippen LogP contribution in [0.3, 0.4) is 0 Å². The number of methoxy groups -OCH3 is 1. The van der Waals surface area contributed by atoms with Crippen molar-refractivity contribution in [2.24, 2.45) is 5.92 Å². The van der Waals surface area contributed by atoms with Crippen molar-refractivity contribution in [1.82, 2.24) is 20.2 Å². The molecular weight excluding hydrogens is 432 g/mol. The van der Waals surface area contributed by atoms with Crippen molar-refractivity contribution in [1.29, 1.82) is 0 Å². The van der Waals surface area contributed by atoms with Gasteiger partial charge in [-0.3, -0.25) is 4.79 Å². The fourth-order valence-corrected chi connectivity index (χ4v) is 5.14. The lowest BCUT2D eigenvalue weighted by molar-refractivity contribution is -0.120. The molecular formula is C21H24N6O2S2. The predicted molar refractivity (Wildman–Crippen MR) is 124 cm³/mol. The molecule has 4 rings (SSSR count). The van der Waals surface area contributed by atoms with Crippen molar-refractivity contribution in [3.8, 4) is 17.0 Å². The largest absolute Gasteiger partial charge is 0.497 e. The molecule has 3 heterocycles. The standard InChI is InChI=1S/C21H24N6O2S2/c1-3-30-21-26-25-20(31-21)24-19(28)15-5-4-10-27(12-15)18-11-17(22-13-23-18)14-6-8-16(29-2)9-7-14/h6-9,11,13,15H,3-5,10,12H2,1-2H3,(H,24,25,28). The van der Waals surface area contributed by atoms with Gasteiger partial charge in [0.05, 0.1) is 18.7 Å². The Kier molecular flexibility index (Phi) is 6.98. The molecule has 1 aliphatic rings. The van der Waals surface area contributed by atoms with Gasteiger partial charge in [-0.15, -0.1) is 10.2 Å². The zero-order valence-electron chi connectivity index (χ0n) is 17.4. The summed E-state index contributed by atoms with van der Waals surface area (Å²) in [5.74, 6) is 2.42. The maximum Gasteiger partial charge on any atom is 0.231 e. The first-order chi connectivity index (χ1) is 15.2. The highest BCUT2D eigenvalue weighted by molar-refractivity contribution is 8.01. The molecule has 0 bridgehead atoms. The zero-order chi connectivity index (χ0) is 21.6. The Hall–Kier alpha value is -2.72. The zero-order valence-corrected chi connectivity index (χ0v) is 19.1. The van der Waals surface area contributed by atoms with Crippen molar-refractivity contribution < 1.29 is 9.53 Å². The Morgan fingerprint density at radius 2 is 2.13 bits per heavy atom. The summed E-state index contributed by atoms with van der Waals surface area (Å²) in [7, 11) is 1.65. The summed E-state index contributed by atoms with van der Waals surface area (Å²) in [6.45, 7) is 3.54. The number of aromatic nitrogens is 4. The van der Waals surface area contributed by atoms with Crippen molar-refractivity contribution in [2.45, 2.75) is 24.1 Å². The number of hydrogen-bond donors (Lipinski definition) is 1. The number of ether oxygens (including phenoxy) is 1. The molecule has 1 amide bonds. The number of nitrogens with one attached hydrogen (secondary N) is 1. The van der Waals surface area contributed by atoms with Crippen LogP contribution < -0.4 is 15.0 Å². The summed E-state index contributed by atoms with van der Waals surface area (Å²) in [4.78, 5) is 23.8. The molecule has 1 unspecified atom stereocenters. The fourth-order valence-electron chi connectivity index (χ4n) is 3.49. The minimum absolute atomic E-state index is 0.0154. The lowest BCUT2D eigenvalue weighted by Crippen LogP contribution is -2.41. The molecule has 1 fully saturated rings. The molecule has 31 heavy (non-hydrogen) atoms. The van der Waals surface area contributed by atoms with E-state index in [0.717, 1.165) is 52.3 Å². The van der Waals surface area contributed by atoms with Gasteiger partial charge in [-0.05, 0) is 42.9 Å². The van der Waals surface area contributed by atoms with Gasteiger partial charge in [0.25, 0.3) is 0 Å². The Balaban J connectivity index is 1.43. The van der Waals surface area contributed by atoms with Crippen LogP contribution in [-0.4, -0.2) is 52.0 Å². The molecule has 0 radical (unpaired) electrons. The van der Waals surface area contributed by atoms with E-state index in [1.807, 2.05) is 30.3 Å². The second-order valence-electron chi connectivity index (χ2n) is 7.07. The summed E-state index contributed by atoms with van der Waals surface area (Å²) in [5, 5.41) is 11.7. The average Bonchev–Trinajstić information content (AvgIpc) is 3.26. The first-order valence-electron chi connectivity index (χ1n) is 10.1.